The summed E-state index contributed by atoms with van der Waals surface area (Å²) in [4.78, 5) is 14.9. The predicted octanol–water partition coefficient (Wildman–Crippen LogP) is 2.37. The summed E-state index contributed by atoms with van der Waals surface area (Å²) in [6.45, 7) is 3.80. The first-order valence-electron chi connectivity index (χ1n) is 9.05. The zero-order valence-corrected chi connectivity index (χ0v) is 14.4. The Labute approximate surface area is 147 Å². The van der Waals surface area contributed by atoms with Crippen LogP contribution in [0, 0.1) is 0 Å². The largest absolute Gasteiger partial charge is 0.378 e. The second kappa shape index (κ2) is 7.27. The monoisotopic (exact) mass is 340 g/mol. The molecule has 25 heavy (non-hydrogen) atoms. The number of carbonyl (C=O) groups is 1. The molecule has 6 nitrogen and oxygen atoms in total. The minimum absolute atomic E-state index is 0.0545. The van der Waals surface area contributed by atoms with Crippen LogP contribution in [0.3, 0.4) is 0 Å². The van der Waals surface area contributed by atoms with E-state index in [1.165, 1.54) is 12.1 Å². The number of nitrogens with zero attached hydrogens (tertiary/aromatic N) is 3. The zero-order valence-electron chi connectivity index (χ0n) is 14.4. The van der Waals surface area contributed by atoms with Crippen molar-refractivity contribution in [3.8, 4) is 0 Å². The van der Waals surface area contributed by atoms with Crippen LogP contribution in [0.4, 0.5) is 5.69 Å². The molecule has 6 heteroatoms. The number of ether oxygens (including phenoxy) is 1. The second-order valence-corrected chi connectivity index (χ2v) is 6.66. The van der Waals surface area contributed by atoms with Crippen molar-refractivity contribution < 1.29 is 9.53 Å². The van der Waals surface area contributed by atoms with Crippen molar-refractivity contribution in [2.75, 3.05) is 31.2 Å². The number of anilines is 1. The van der Waals surface area contributed by atoms with E-state index in [-0.39, 0.29) is 5.91 Å². The van der Waals surface area contributed by atoms with Gasteiger partial charge in [-0.25, -0.2) is 0 Å². The number of hydrogen-bond donors (Lipinski definition) is 1. The van der Waals surface area contributed by atoms with Gasteiger partial charge in [-0.1, -0.05) is 18.2 Å². The topological polar surface area (TPSA) is 59.4 Å². The van der Waals surface area contributed by atoms with Gasteiger partial charge < -0.3 is 15.0 Å². The molecule has 4 rings (SSSR count). The van der Waals surface area contributed by atoms with Gasteiger partial charge in [-0.3, -0.25) is 9.48 Å². The van der Waals surface area contributed by atoms with Crippen LogP contribution in [0.15, 0.2) is 36.5 Å². The molecule has 1 aliphatic heterocycles. The standard InChI is InChI=1S/C19H24N4O2/c24-19(18-8-9-21-23(18)16-5-3-6-16)20-14-15-4-1-2-7-17(15)22-10-12-25-13-11-22/h1-2,4,7-9,16H,3,5-6,10-14H2,(H,20,24). The van der Waals surface area contributed by atoms with E-state index < -0.39 is 0 Å². The molecule has 0 radical (unpaired) electrons. The minimum atomic E-state index is -0.0545. The fourth-order valence-corrected chi connectivity index (χ4v) is 3.46. The van der Waals surface area contributed by atoms with E-state index in [9.17, 15) is 4.79 Å². The van der Waals surface area contributed by atoms with Crippen LogP contribution < -0.4 is 10.2 Å². The molecule has 2 fully saturated rings. The van der Waals surface area contributed by atoms with Gasteiger partial charge in [0.15, 0.2) is 0 Å². The minimum Gasteiger partial charge on any atom is -0.378 e. The van der Waals surface area contributed by atoms with Gasteiger partial charge in [-0.15, -0.1) is 0 Å². The third kappa shape index (κ3) is 3.39. The van der Waals surface area contributed by atoms with E-state index in [1.807, 2.05) is 22.9 Å². The Morgan fingerprint density at radius 1 is 1.20 bits per heavy atom. The van der Waals surface area contributed by atoms with E-state index in [0.29, 0.717) is 18.3 Å². The van der Waals surface area contributed by atoms with Crippen LogP contribution in [0.25, 0.3) is 0 Å². The molecule has 1 N–H and O–H groups in total. The van der Waals surface area contributed by atoms with Gasteiger partial charge in [0.2, 0.25) is 0 Å². The molecule has 0 unspecified atom stereocenters. The number of morpholine rings is 1. The summed E-state index contributed by atoms with van der Waals surface area (Å²) in [6.07, 6.45) is 5.16. The summed E-state index contributed by atoms with van der Waals surface area (Å²) >= 11 is 0. The summed E-state index contributed by atoms with van der Waals surface area (Å²) in [5.41, 5.74) is 2.97. The fourth-order valence-electron chi connectivity index (χ4n) is 3.46. The van der Waals surface area contributed by atoms with Crippen molar-refractivity contribution in [3.05, 3.63) is 47.8 Å². The molecular formula is C19H24N4O2. The molecule has 2 aliphatic rings. The zero-order chi connectivity index (χ0) is 17.1. The Hall–Kier alpha value is -2.34. The number of nitrogens with one attached hydrogen (secondary N) is 1. The molecule has 1 amide bonds. The van der Waals surface area contributed by atoms with Crippen LogP contribution >= 0.6 is 0 Å². The molecule has 1 aromatic heterocycles. The molecule has 1 saturated heterocycles. The van der Waals surface area contributed by atoms with Crippen molar-refractivity contribution in [3.63, 3.8) is 0 Å². The molecule has 1 aromatic carbocycles. The van der Waals surface area contributed by atoms with Gasteiger partial charge in [-0.05, 0) is 37.0 Å². The fraction of sp³-hybridized carbons (Fsp3) is 0.474. The molecule has 0 spiro atoms. The summed E-state index contributed by atoms with van der Waals surface area (Å²) < 4.78 is 7.32. The van der Waals surface area contributed by atoms with E-state index in [4.69, 9.17) is 4.74 Å². The highest BCUT2D eigenvalue weighted by atomic mass is 16.5. The molecule has 2 heterocycles. The van der Waals surface area contributed by atoms with Crippen molar-refractivity contribution in [2.45, 2.75) is 31.8 Å². The Bertz CT molecular complexity index is 733. The highest BCUT2D eigenvalue weighted by Crippen LogP contribution is 2.31. The van der Waals surface area contributed by atoms with E-state index in [1.54, 1.807) is 6.20 Å². The molecule has 1 saturated carbocycles. The van der Waals surface area contributed by atoms with Crippen molar-refractivity contribution in [1.29, 1.82) is 0 Å². The average molecular weight is 340 g/mol. The van der Waals surface area contributed by atoms with Crippen molar-refractivity contribution in [2.24, 2.45) is 0 Å². The van der Waals surface area contributed by atoms with Gasteiger partial charge >= 0.3 is 0 Å². The predicted molar refractivity (Wildman–Crippen MR) is 95.8 cm³/mol. The molecule has 2 aromatic rings. The number of para-hydroxylation sites is 1. The van der Waals surface area contributed by atoms with Crippen LogP contribution in [-0.2, 0) is 11.3 Å². The summed E-state index contributed by atoms with van der Waals surface area (Å²) in [7, 11) is 0. The van der Waals surface area contributed by atoms with Crippen molar-refractivity contribution >= 4 is 11.6 Å². The van der Waals surface area contributed by atoms with E-state index in [2.05, 4.69) is 27.4 Å². The smallest absolute Gasteiger partial charge is 0.269 e. The summed E-state index contributed by atoms with van der Waals surface area (Å²) in [5, 5.41) is 7.41. The number of hydrogen-bond acceptors (Lipinski definition) is 4. The maximum absolute atomic E-state index is 12.6. The quantitative estimate of drug-likeness (QED) is 0.908. The van der Waals surface area contributed by atoms with E-state index >= 15 is 0 Å². The lowest BCUT2D eigenvalue weighted by molar-refractivity contribution is 0.0932. The van der Waals surface area contributed by atoms with Gasteiger partial charge in [-0.2, -0.15) is 5.10 Å². The highest BCUT2D eigenvalue weighted by molar-refractivity contribution is 5.92. The van der Waals surface area contributed by atoms with Crippen LogP contribution in [0.1, 0.15) is 41.4 Å². The lowest BCUT2D eigenvalue weighted by Crippen LogP contribution is -2.37. The van der Waals surface area contributed by atoms with Gasteiger partial charge in [0, 0.05) is 31.5 Å². The lowest BCUT2D eigenvalue weighted by Gasteiger charge is -2.30. The highest BCUT2D eigenvalue weighted by Gasteiger charge is 2.24. The number of aromatic nitrogens is 2. The third-order valence-electron chi connectivity index (χ3n) is 5.11. The Morgan fingerprint density at radius 3 is 2.76 bits per heavy atom. The van der Waals surface area contributed by atoms with Gasteiger partial charge in [0.1, 0.15) is 5.69 Å². The molecule has 132 valence electrons. The maximum atomic E-state index is 12.6. The third-order valence-corrected chi connectivity index (χ3v) is 5.11. The van der Waals surface area contributed by atoms with Crippen LogP contribution in [0.2, 0.25) is 0 Å². The van der Waals surface area contributed by atoms with E-state index in [0.717, 1.165) is 44.7 Å². The average Bonchev–Trinajstić information content (AvgIpc) is 3.08. The van der Waals surface area contributed by atoms with Gasteiger partial charge in [0.25, 0.3) is 5.91 Å². The first kappa shape index (κ1) is 16.1. The first-order chi connectivity index (χ1) is 12.3. The Balaban J connectivity index is 1.44. The molecule has 0 bridgehead atoms. The Kier molecular flexibility index (Phi) is 4.70. The van der Waals surface area contributed by atoms with Crippen molar-refractivity contribution in [1.82, 2.24) is 15.1 Å². The number of amides is 1. The normalized spacial score (nSPS) is 18.0. The summed E-state index contributed by atoms with van der Waals surface area (Å²) in [6, 6.07) is 10.4. The summed E-state index contributed by atoms with van der Waals surface area (Å²) in [5.74, 6) is -0.0545. The molecule has 0 atom stereocenters. The maximum Gasteiger partial charge on any atom is 0.269 e. The molecule has 1 aliphatic carbocycles. The SMILES string of the molecule is O=C(NCc1ccccc1N1CCOCC1)c1ccnn1C1CCC1. The lowest BCUT2D eigenvalue weighted by atomic mass is 9.93. The molecular weight excluding hydrogens is 316 g/mol. The van der Waals surface area contributed by atoms with Crippen LogP contribution in [0.5, 0.6) is 0 Å². The number of rotatable bonds is 5. The number of carbonyl (C=O) groups excluding carboxylic acids is 1. The second-order valence-electron chi connectivity index (χ2n) is 6.66. The first-order valence-corrected chi connectivity index (χ1v) is 9.05. The van der Waals surface area contributed by atoms with Gasteiger partial charge in [0.05, 0.1) is 19.3 Å². The number of benzene rings is 1. The van der Waals surface area contributed by atoms with Crippen LogP contribution in [-0.4, -0.2) is 42.0 Å². The Morgan fingerprint density at radius 2 is 2.00 bits per heavy atom.